The van der Waals surface area contributed by atoms with Gasteiger partial charge in [0, 0.05) is 19.6 Å². The Bertz CT molecular complexity index is 411. The van der Waals surface area contributed by atoms with Crippen molar-refractivity contribution >= 4 is 15.8 Å². The Morgan fingerprint density at radius 1 is 1.24 bits per heavy atom. The molecule has 0 aliphatic heterocycles. The molecule has 0 fully saturated rings. The predicted octanol–water partition coefficient (Wildman–Crippen LogP) is 2.33. The first kappa shape index (κ1) is 20.2. The molecule has 1 unspecified atom stereocenters. The van der Waals surface area contributed by atoms with E-state index in [0.29, 0.717) is 18.5 Å². The third-order valence-electron chi connectivity index (χ3n) is 3.44. The Hall–Kier alpha value is -0.780. The second-order valence-electron chi connectivity index (χ2n) is 6.47. The summed E-state index contributed by atoms with van der Waals surface area (Å²) in [4.78, 5) is 4.14. The lowest BCUT2D eigenvalue weighted by molar-refractivity contribution is 0.546. The molecule has 0 saturated heterocycles. The van der Waals surface area contributed by atoms with Gasteiger partial charge in [-0.2, -0.15) is 0 Å². The van der Waals surface area contributed by atoms with Gasteiger partial charge in [-0.15, -0.1) is 0 Å². The molecular formula is C15H33N3O2S. The molecule has 0 aliphatic rings. The monoisotopic (exact) mass is 319 g/mol. The molecule has 1 atom stereocenters. The first-order chi connectivity index (χ1) is 9.64. The van der Waals surface area contributed by atoms with E-state index < -0.39 is 14.6 Å². The van der Waals surface area contributed by atoms with Crippen molar-refractivity contribution in [3.63, 3.8) is 0 Å². The van der Waals surface area contributed by atoms with E-state index in [1.54, 1.807) is 27.8 Å². The van der Waals surface area contributed by atoms with Gasteiger partial charge in [-0.3, -0.25) is 4.99 Å². The predicted molar refractivity (Wildman–Crippen MR) is 91.6 cm³/mol. The van der Waals surface area contributed by atoms with Crippen molar-refractivity contribution in [2.75, 3.05) is 19.3 Å². The minimum Gasteiger partial charge on any atom is -0.355 e. The minimum absolute atomic E-state index is 0.113. The third-order valence-corrected chi connectivity index (χ3v) is 6.05. The molecule has 0 amide bonds. The van der Waals surface area contributed by atoms with E-state index in [4.69, 9.17) is 0 Å². The molecule has 0 heterocycles. The Kier molecular flexibility index (Phi) is 8.94. The molecule has 0 aromatic rings. The van der Waals surface area contributed by atoms with Crippen LogP contribution >= 0.6 is 0 Å². The highest BCUT2D eigenvalue weighted by Gasteiger charge is 2.28. The van der Waals surface area contributed by atoms with Gasteiger partial charge in [0.1, 0.15) is 0 Å². The van der Waals surface area contributed by atoms with Gasteiger partial charge in [-0.05, 0) is 34.1 Å². The Morgan fingerprint density at radius 3 is 2.33 bits per heavy atom. The first-order valence-corrected chi connectivity index (χ1v) is 9.48. The van der Waals surface area contributed by atoms with Gasteiger partial charge >= 0.3 is 0 Å². The number of nitrogens with zero attached hydrogens (tertiary/aromatic N) is 1. The van der Waals surface area contributed by atoms with Crippen LogP contribution in [-0.4, -0.2) is 44.5 Å². The SMILES string of the molecule is CCCCCC(C)NC(=NC)NCCS(=O)(=O)C(C)(C)C. The summed E-state index contributed by atoms with van der Waals surface area (Å²) in [5, 5.41) is 6.37. The maximum Gasteiger partial charge on any atom is 0.191 e. The molecule has 0 spiro atoms. The van der Waals surface area contributed by atoms with Crippen LogP contribution in [0, 0.1) is 0 Å². The Balaban J connectivity index is 4.18. The summed E-state index contributed by atoms with van der Waals surface area (Å²) < 4.78 is 23.3. The van der Waals surface area contributed by atoms with Crippen LogP contribution in [0.1, 0.15) is 60.3 Å². The van der Waals surface area contributed by atoms with Crippen molar-refractivity contribution in [1.29, 1.82) is 0 Å². The van der Waals surface area contributed by atoms with Crippen molar-refractivity contribution in [3.05, 3.63) is 0 Å². The first-order valence-electron chi connectivity index (χ1n) is 7.83. The molecule has 2 N–H and O–H groups in total. The fourth-order valence-corrected chi connectivity index (χ4v) is 2.79. The Labute approximate surface area is 130 Å². The van der Waals surface area contributed by atoms with Gasteiger partial charge in [-0.25, -0.2) is 8.42 Å². The number of guanidine groups is 1. The largest absolute Gasteiger partial charge is 0.355 e. The van der Waals surface area contributed by atoms with Crippen LogP contribution in [0.3, 0.4) is 0 Å². The van der Waals surface area contributed by atoms with Crippen LogP contribution in [0.2, 0.25) is 0 Å². The van der Waals surface area contributed by atoms with Gasteiger partial charge in [0.2, 0.25) is 0 Å². The second-order valence-corrected chi connectivity index (χ2v) is 9.33. The van der Waals surface area contributed by atoms with Crippen molar-refractivity contribution < 1.29 is 8.42 Å². The quantitative estimate of drug-likeness (QED) is 0.409. The van der Waals surface area contributed by atoms with E-state index in [2.05, 4.69) is 29.5 Å². The lowest BCUT2D eigenvalue weighted by atomic mass is 10.1. The molecular weight excluding hydrogens is 286 g/mol. The zero-order valence-corrected chi connectivity index (χ0v) is 15.3. The summed E-state index contributed by atoms with van der Waals surface area (Å²) in [7, 11) is -1.39. The standard InChI is InChI=1S/C15H33N3O2S/c1-7-8-9-10-13(2)18-14(16-6)17-11-12-21(19,20)15(3,4)5/h13H,7-12H2,1-6H3,(H2,16,17,18). The molecule has 0 saturated carbocycles. The van der Waals surface area contributed by atoms with E-state index in [1.165, 1.54) is 19.3 Å². The minimum atomic E-state index is -3.09. The van der Waals surface area contributed by atoms with E-state index in [-0.39, 0.29) is 5.75 Å². The molecule has 126 valence electrons. The van der Waals surface area contributed by atoms with Crippen molar-refractivity contribution in [3.8, 4) is 0 Å². The number of rotatable bonds is 8. The maximum atomic E-state index is 12.0. The van der Waals surface area contributed by atoms with Crippen LogP contribution in [0.15, 0.2) is 4.99 Å². The van der Waals surface area contributed by atoms with E-state index in [9.17, 15) is 8.42 Å². The van der Waals surface area contributed by atoms with E-state index in [0.717, 1.165) is 6.42 Å². The molecule has 0 radical (unpaired) electrons. The van der Waals surface area contributed by atoms with Crippen molar-refractivity contribution in [2.24, 2.45) is 4.99 Å². The van der Waals surface area contributed by atoms with Crippen LogP contribution in [0.5, 0.6) is 0 Å². The lowest BCUT2D eigenvalue weighted by Crippen LogP contribution is -2.44. The number of hydrogen-bond donors (Lipinski definition) is 2. The number of aliphatic imine (C=N–C) groups is 1. The molecule has 0 bridgehead atoms. The van der Waals surface area contributed by atoms with Crippen LogP contribution in [-0.2, 0) is 9.84 Å². The van der Waals surface area contributed by atoms with Gasteiger partial charge in [0.05, 0.1) is 10.5 Å². The van der Waals surface area contributed by atoms with Crippen LogP contribution < -0.4 is 10.6 Å². The maximum absolute atomic E-state index is 12.0. The molecule has 0 rings (SSSR count). The van der Waals surface area contributed by atoms with E-state index >= 15 is 0 Å². The normalized spacial score (nSPS) is 14.9. The lowest BCUT2D eigenvalue weighted by Gasteiger charge is -2.21. The summed E-state index contributed by atoms with van der Waals surface area (Å²) in [5.41, 5.74) is 0. The van der Waals surface area contributed by atoms with Gasteiger partial charge < -0.3 is 10.6 Å². The summed E-state index contributed by atoms with van der Waals surface area (Å²) in [6.45, 7) is 9.87. The number of hydrogen-bond acceptors (Lipinski definition) is 3. The zero-order valence-electron chi connectivity index (χ0n) is 14.5. The molecule has 0 aromatic carbocycles. The van der Waals surface area contributed by atoms with Gasteiger partial charge in [0.15, 0.2) is 15.8 Å². The van der Waals surface area contributed by atoms with Gasteiger partial charge in [0.25, 0.3) is 0 Å². The van der Waals surface area contributed by atoms with Crippen LogP contribution in [0.25, 0.3) is 0 Å². The summed E-state index contributed by atoms with van der Waals surface area (Å²) in [6, 6.07) is 0.335. The molecule has 21 heavy (non-hydrogen) atoms. The average molecular weight is 320 g/mol. The number of nitrogens with one attached hydrogen (secondary N) is 2. The van der Waals surface area contributed by atoms with Crippen LogP contribution in [0.4, 0.5) is 0 Å². The fraction of sp³-hybridized carbons (Fsp3) is 0.933. The third kappa shape index (κ3) is 8.29. The molecule has 5 nitrogen and oxygen atoms in total. The zero-order chi connectivity index (χ0) is 16.5. The highest BCUT2D eigenvalue weighted by molar-refractivity contribution is 7.92. The molecule has 0 aliphatic carbocycles. The highest BCUT2D eigenvalue weighted by atomic mass is 32.2. The van der Waals surface area contributed by atoms with Gasteiger partial charge in [-0.1, -0.05) is 26.2 Å². The van der Waals surface area contributed by atoms with E-state index in [1.807, 2.05) is 0 Å². The average Bonchev–Trinajstić information content (AvgIpc) is 2.36. The second kappa shape index (κ2) is 9.28. The van der Waals surface area contributed by atoms with Crippen molar-refractivity contribution in [2.45, 2.75) is 71.1 Å². The fourth-order valence-electron chi connectivity index (χ4n) is 1.81. The summed E-state index contributed by atoms with van der Waals surface area (Å²) in [6.07, 6.45) is 4.74. The highest BCUT2D eigenvalue weighted by Crippen LogP contribution is 2.15. The number of sulfone groups is 1. The molecule has 0 aromatic heterocycles. The Morgan fingerprint density at radius 2 is 1.86 bits per heavy atom. The summed E-state index contributed by atoms with van der Waals surface area (Å²) >= 11 is 0. The summed E-state index contributed by atoms with van der Waals surface area (Å²) in [5.74, 6) is 0.782. The molecule has 6 heteroatoms. The number of unbranched alkanes of at least 4 members (excludes halogenated alkanes) is 2. The topological polar surface area (TPSA) is 70.6 Å². The smallest absolute Gasteiger partial charge is 0.191 e. The van der Waals surface area contributed by atoms with Crippen molar-refractivity contribution in [1.82, 2.24) is 10.6 Å².